The molecule has 152 valence electrons. The van der Waals surface area contributed by atoms with Crippen molar-refractivity contribution in [3.63, 3.8) is 0 Å². The summed E-state index contributed by atoms with van der Waals surface area (Å²) in [6.45, 7) is 3.52. The molecule has 3 heterocycles. The molecule has 29 heavy (non-hydrogen) atoms. The maximum absolute atomic E-state index is 12.9. The van der Waals surface area contributed by atoms with E-state index in [0.717, 1.165) is 53.1 Å². The topological polar surface area (TPSA) is 73.1 Å². The van der Waals surface area contributed by atoms with Gasteiger partial charge in [-0.1, -0.05) is 12.1 Å². The van der Waals surface area contributed by atoms with Gasteiger partial charge < -0.3 is 9.64 Å². The van der Waals surface area contributed by atoms with Gasteiger partial charge in [0.25, 0.3) is 0 Å². The summed E-state index contributed by atoms with van der Waals surface area (Å²) >= 11 is 0. The number of hydrogen-bond acceptors (Lipinski definition) is 5. The molecule has 0 aliphatic carbocycles. The fourth-order valence-corrected chi connectivity index (χ4v) is 4.14. The summed E-state index contributed by atoms with van der Waals surface area (Å²) in [4.78, 5) is 23.7. The molecule has 0 unspecified atom stereocenters. The summed E-state index contributed by atoms with van der Waals surface area (Å²) in [5, 5.41) is 4.67. The average molecular weight is 393 g/mol. The fourth-order valence-electron chi connectivity index (χ4n) is 4.14. The van der Waals surface area contributed by atoms with Crippen molar-refractivity contribution >= 4 is 17.1 Å². The van der Waals surface area contributed by atoms with Gasteiger partial charge in [-0.15, -0.1) is 0 Å². The number of rotatable bonds is 5. The van der Waals surface area contributed by atoms with Crippen LogP contribution in [-0.2, 0) is 18.3 Å². The summed E-state index contributed by atoms with van der Waals surface area (Å²) in [6.07, 6.45) is 6.60. The van der Waals surface area contributed by atoms with E-state index >= 15 is 0 Å². The molecule has 1 aliphatic rings. The summed E-state index contributed by atoms with van der Waals surface area (Å²) in [5.74, 6) is 1.27. The zero-order valence-electron chi connectivity index (χ0n) is 17.3. The van der Waals surface area contributed by atoms with Crippen molar-refractivity contribution in [2.24, 2.45) is 7.05 Å². The van der Waals surface area contributed by atoms with E-state index in [2.05, 4.69) is 21.1 Å². The minimum Gasteiger partial charge on any atom is -0.496 e. The maximum atomic E-state index is 12.9. The number of methoxy groups -OCH3 is 1. The number of aromatic nitrogens is 4. The van der Waals surface area contributed by atoms with Crippen LogP contribution in [0.1, 0.15) is 42.0 Å². The maximum Gasteiger partial charge on any atom is 0.222 e. The van der Waals surface area contributed by atoms with Gasteiger partial charge in [0.15, 0.2) is 5.65 Å². The van der Waals surface area contributed by atoms with Crippen LogP contribution in [0.2, 0.25) is 0 Å². The van der Waals surface area contributed by atoms with Crippen LogP contribution >= 0.6 is 0 Å². The van der Waals surface area contributed by atoms with Gasteiger partial charge in [-0.2, -0.15) is 5.10 Å². The number of piperidine rings is 1. The number of amides is 1. The first kappa shape index (κ1) is 19.4. The van der Waals surface area contributed by atoms with Crippen LogP contribution in [0.15, 0.2) is 30.6 Å². The van der Waals surface area contributed by atoms with Crippen LogP contribution in [0.4, 0.5) is 0 Å². The molecule has 0 spiro atoms. The third kappa shape index (κ3) is 3.95. The third-order valence-corrected chi connectivity index (χ3v) is 5.75. The van der Waals surface area contributed by atoms with Gasteiger partial charge in [-0.05, 0) is 43.4 Å². The van der Waals surface area contributed by atoms with Gasteiger partial charge in [0.05, 0.1) is 12.8 Å². The van der Waals surface area contributed by atoms with Crippen LogP contribution in [0.5, 0.6) is 5.75 Å². The largest absolute Gasteiger partial charge is 0.496 e. The van der Waals surface area contributed by atoms with Crippen molar-refractivity contribution < 1.29 is 9.53 Å². The molecule has 0 radical (unpaired) electrons. The first-order valence-corrected chi connectivity index (χ1v) is 10.1. The molecule has 0 N–H and O–H groups in total. The molecule has 7 heteroatoms. The molecule has 1 saturated heterocycles. The standard InChI is InChI=1S/C22H27N5O2/c1-15-6-7-16(13-18(15)29-3)8-9-19(28)27-12-4-5-17(14-27)20-21-22(26(2)25-20)24-11-10-23-21/h6-7,10-11,13,17H,4-5,8-9,12,14H2,1-3H3/t17-/m0/s1. The van der Waals surface area contributed by atoms with Crippen molar-refractivity contribution in [2.75, 3.05) is 20.2 Å². The minimum absolute atomic E-state index is 0.195. The predicted molar refractivity (Wildman–Crippen MR) is 111 cm³/mol. The Morgan fingerprint density at radius 1 is 1.28 bits per heavy atom. The molecule has 0 saturated carbocycles. The molecule has 1 aromatic carbocycles. The summed E-state index contributed by atoms with van der Waals surface area (Å²) in [7, 11) is 3.57. The van der Waals surface area contributed by atoms with E-state index in [1.165, 1.54) is 0 Å². The molecule has 2 aromatic heterocycles. The van der Waals surface area contributed by atoms with E-state index in [0.29, 0.717) is 19.4 Å². The number of carbonyl (C=O) groups is 1. The second-order valence-electron chi connectivity index (χ2n) is 7.72. The van der Waals surface area contributed by atoms with E-state index in [9.17, 15) is 4.79 Å². The van der Waals surface area contributed by atoms with Gasteiger partial charge in [-0.3, -0.25) is 4.79 Å². The summed E-state index contributed by atoms with van der Waals surface area (Å²) < 4.78 is 7.17. The highest BCUT2D eigenvalue weighted by molar-refractivity contribution is 5.77. The summed E-state index contributed by atoms with van der Waals surface area (Å²) in [5.41, 5.74) is 4.82. The third-order valence-electron chi connectivity index (χ3n) is 5.75. The molecule has 4 rings (SSSR count). The number of ether oxygens (including phenoxy) is 1. The number of nitrogens with zero attached hydrogens (tertiary/aromatic N) is 5. The van der Waals surface area contributed by atoms with Crippen LogP contribution < -0.4 is 4.74 Å². The highest BCUT2D eigenvalue weighted by atomic mass is 16.5. The van der Waals surface area contributed by atoms with Gasteiger partial charge in [0.1, 0.15) is 11.3 Å². The Morgan fingerprint density at radius 2 is 2.10 bits per heavy atom. The SMILES string of the molecule is COc1cc(CCC(=O)N2CCC[C@H](c3nn(C)c4nccnc34)C2)ccc1C. The first-order chi connectivity index (χ1) is 14.1. The highest BCUT2D eigenvalue weighted by Gasteiger charge is 2.28. The molecule has 1 aliphatic heterocycles. The normalized spacial score (nSPS) is 16.9. The number of hydrogen-bond donors (Lipinski definition) is 0. The van der Waals surface area contributed by atoms with Crippen molar-refractivity contribution in [1.82, 2.24) is 24.6 Å². The van der Waals surface area contributed by atoms with E-state index in [4.69, 9.17) is 4.74 Å². The van der Waals surface area contributed by atoms with Crippen molar-refractivity contribution in [2.45, 2.75) is 38.5 Å². The van der Waals surface area contributed by atoms with Gasteiger partial charge >= 0.3 is 0 Å². The van der Waals surface area contributed by atoms with Crippen molar-refractivity contribution in [3.8, 4) is 5.75 Å². The predicted octanol–water partition coefficient (Wildman–Crippen LogP) is 3.02. The Hall–Kier alpha value is -2.96. The lowest BCUT2D eigenvalue weighted by atomic mass is 9.94. The molecular weight excluding hydrogens is 366 g/mol. The van der Waals surface area contributed by atoms with Gasteiger partial charge in [0, 0.05) is 44.9 Å². The minimum atomic E-state index is 0.195. The number of aryl methyl sites for hydroxylation is 3. The van der Waals surface area contributed by atoms with E-state index in [1.807, 2.05) is 31.0 Å². The molecule has 1 atom stereocenters. The number of carbonyl (C=O) groups excluding carboxylic acids is 1. The summed E-state index contributed by atoms with van der Waals surface area (Å²) in [6, 6.07) is 6.14. The number of benzene rings is 1. The fraction of sp³-hybridized carbons (Fsp3) is 0.455. The molecular formula is C22H27N5O2. The Bertz CT molecular complexity index is 1030. The van der Waals surface area contributed by atoms with Gasteiger partial charge in [0.2, 0.25) is 5.91 Å². The molecule has 0 bridgehead atoms. The monoisotopic (exact) mass is 393 g/mol. The first-order valence-electron chi connectivity index (χ1n) is 10.1. The second kappa shape index (κ2) is 8.19. The number of fused-ring (bicyclic) bond motifs is 1. The quantitative estimate of drug-likeness (QED) is 0.666. The van der Waals surface area contributed by atoms with Crippen LogP contribution in [0.25, 0.3) is 11.2 Å². The van der Waals surface area contributed by atoms with Crippen LogP contribution in [0, 0.1) is 6.92 Å². The van der Waals surface area contributed by atoms with Crippen molar-refractivity contribution in [3.05, 3.63) is 47.4 Å². The Balaban J connectivity index is 1.43. The molecule has 3 aromatic rings. The average Bonchev–Trinajstić information content (AvgIpc) is 3.10. The van der Waals surface area contributed by atoms with E-state index < -0.39 is 0 Å². The zero-order valence-corrected chi connectivity index (χ0v) is 17.3. The second-order valence-corrected chi connectivity index (χ2v) is 7.72. The Morgan fingerprint density at radius 3 is 2.93 bits per heavy atom. The molecule has 7 nitrogen and oxygen atoms in total. The lowest BCUT2D eigenvalue weighted by Gasteiger charge is -2.32. The van der Waals surface area contributed by atoms with Crippen molar-refractivity contribution in [1.29, 1.82) is 0 Å². The van der Waals surface area contributed by atoms with Crippen LogP contribution in [0.3, 0.4) is 0 Å². The Labute approximate surface area is 170 Å². The van der Waals surface area contributed by atoms with Crippen LogP contribution in [-0.4, -0.2) is 50.8 Å². The van der Waals surface area contributed by atoms with Gasteiger partial charge in [-0.25, -0.2) is 14.6 Å². The van der Waals surface area contributed by atoms with E-state index in [1.54, 1.807) is 24.2 Å². The lowest BCUT2D eigenvalue weighted by Crippen LogP contribution is -2.39. The Kier molecular flexibility index (Phi) is 5.47. The zero-order chi connectivity index (χ0) is 20.4. The molecule has 1 fully saturated rings. The lowest BCUT2D eigenvalue weighted by molar-refractivity contribution is -0.132. The highest BCUT2D eigenvalue weighted by Crippen LogP contribution is 2.30. The molecule has 1 amide bonds. The van der Waals surface area contributed by atoms with E-state index in [-0.39, 0.29) is 11.8 Å². The smallest absolute Gasteiger partial charge is 0.222 e. The number of likely N-dealkylation sites (tertiary alicyclic amines) is 1.